The lowest BCUT2D eigenvalue weighted by Crippen LogP contribution is -2.02. The number of nitrogens with one attached hydrogen (secondary N) is 1. The van der Waals surface area contributed by atoms with E-state index in [0.717, 1.165) is 5.56 Å². The molecule has 0 aromatic heterocycles. The second kappa shape index (κ2) is 6.32. The molecular weight excluding hydrogens is 296 g/mol. The number of hydrogen-bond donors (Lipinski definition) is 2. The zero-order valence-electron chi connectivity index (χ0n) is 11.2. The first-order valence-corrected chi connectivity index (χ1v) is 6.42. The van der Waals surface area contributed by atoms with Crippen LogP contribution in [0.3, 0.4) is 0 Å². The number of aromatic hydroxyl groups is 1. The molecule has 2 aromatic rings. The Balaban J connectivity index is 2.19. The molecule has 0 unspecified atom stereocenters. The SMILES string of the molecule is COc1ccc([N+](=O)[O-])cc1NCc1ccc(O)c(Cl)c1. The summed E-state index contributed by atoms with van der Waals surface area (Å²) < 4.78 is 5.16. The highest BCUT2D eigenvalue weighted by Gasteiger charge is 2.11. The summed E-state index contributed by atoms with van der Waals surface area (Å²) >= 11 is 5.83. The molecule has 0 bridgehead atoms. The van der Waals surface area contributed by atoms with E-state index in [-0.39, 0.29) is 16.5 Å². The van der Waals surface area contributed by atoms with Crippen molar-refractivity contribution in [2.24, 2.45) is 0 Å². The lowest BCUT2D eigenvalue weighted by atomic mass is 10.2. The van der Waals surface area contributed by atoms with Gasteiger partial charge in [-0.05, 0) is 23.8 Å². The number of phenols is 1. The van der Waals surface area contributed by atoms with Gasteiger partial charge in [-0.15, -0.1) is 0 Å². The number of nitro benzene ring substituents is 1. The Hall–Kier alpha value is -2.47. The minimum atomic E-state index is -0.470. The van der Waals surface area contributed by atoms with Crippen LogP contribution >= 0.6 is 11.6 Å². The maximum atomic E-state index is 10.8. The van der Waals surface area contributed by atoms with Crippen molar-refractivity contribution >= 4 is 23.0 Å². The topological polar surface area (TPSA) is 84.6 Å². The molecule has 0 aliphatic carbocycles. The molecule has 0 amide bonds. The van der Waals surface area contributed by atoms with Gasteiger partial charge in [0.2, 0.25) is 0 Å². The van der Waals surface area contributed by atoms with E-state index in [1.165, 1.54) is 31.4 Å². The second-order valence-electron chi connectivity index (χ2n) is 4.28. The molecule has 0 saturated carbocycles. The van der Waals surface area contributed by atoms with E-state index in [2.05, 4.69) is 5.32 Å². The monoisotopic (exact) mass is 308 g/mol. The van der Waals surface area contributed by atoms with Gasteiger partial charge >= 0.3 is 0 Å². The minimum Gasteiger partial charge on any atom is -0.506 e. The van der Waals surface area contributed by atoms with Crippen molar-refractivity contribution < 1.29 is 14.8 Å². The van der Waals surface area contributed by atoms with Gasteiger partial charge < -0.3 is 15.2 Å². The van der Waals surface area contributed by atoms with Gasteiger partial charge in [0, 0.05) is 18.7 Å². The zero-order valence-corrected chi connectivity index (χ0v) is 11.9. The number of ether oxygens (including phenoxy) is 1. The molecule has 0 fully saturated rings. The Bertz CT molecular complexity index is 676. The third-order valence-corrected chi connectivity index (χ3v) is 3.19. The number of nitro groups is 1. The fraction of sp³-hybridized carbons (Fsp3) is 0.143. The lowest BCUT2D eigenvalue weighted by Gasteiger charge is -2.11. The molecule has 0 aliphatic heterocycles. The number of halogens is 1. The molecule has 0 saturated heterocycles. The van der Waals surface area contributed by atoms with Gasteiger partial charge in [-0.25, -0.2) is 0 Å². The maximum Gasteiger partial charge on any atom is 0.271 e. The van der Waals surface area contributed by atoms with Crippen LogP contribution < -0.4 is 10.1 Å². The Morgan fingerprint density at radius 2 is 2.10 bits per heavy atom. The molecule has 0 heterocycles. The summed E-state index contributed by atoms with van der Waals surface area (Å²) in [4.78, 5) is 10.3. The van der Waals surface area contributed by atoms with Gasteiger partial charge in [-0.2, -0.15) is 0 Å². The number of rotatable bonds is 5. The molecule has 0 aliphatic rings. The van der Waals surface area contributed by atoms with Gasteiger partial charge in [-0.3, -0.25) is 10.1 Å². The molecule has 7 heteroatoms. The summed E-state index contributed by atoms with van der Waals surface area (Å²) in [6.07, 6.45) is 0. The van der Waals surface area contributed by atoms with Crippen LogP contribution in [0.1, 0.15) is 5.56 Å². The van der Waals surface area contributed by atoms with Crippen molar-refractivity contribution in [3.63, 3.8) is 0 Å². The molecule has 2 rings (SSSR count). The molecule has 0 spiro atoms. The van der Waals surface area contributed by atoms with Crippen molar-refractivity contribution in [3.05, 3.63) is 57.1 Å². The number of benzene rings is 2. The van der Waals surface area contributed by atoms with E-state index in [0.29, 0.717) is 18.0 Å². The summed E-state index contributed by atoms with van der Waals surface area (Å²) in [7, 11) is 1.49. The van der Waals surface area contributed by atoms with Crippen LogP contribution in [0, 0.1) is 10.1 Å². The van der Waals surface area contributed by atoms with Crippen molar-refractivity contribution in [2.45, 2.75) is 6.54 Å². The predicted molar refractivity (Wildman–Crippen MR) is 80.1 cm³/mol. The quantitative estimate of drug-likeness (QED) is 0.651. The van der Waals surface area contributed by atoms with Crippen LogP contribution in [0.25, 0.3) is 0 Å². The third kappa shape index (κ3) is 3.55. The van der Waals surface area contributed by atoms with Crippen molar-refractivity contribution in [1.82, 2.24) is 0 Å². The number of anilines is 1. The molecule has 0 atom stereocenters. The van der Waals surface area contributed by atoms with Crippen LogP contribution in [0.5, 0.6) is 11.5 Å². The van der Waals surface area contributed by atoms with Crippen LogP contribution in [0.4, 0.5) is 11.4 Å². The van der Waals surface area contributed by atoms with Gasteiger partial charge in [0.25, 0.3) is 5.69 Å². The second-order valence-corrected chi connectivity index (χ2v) is 4.69. The number of nitrogens with zero attached hydrogens (tertiary/aromatic N) is 1. The summed E-state index contributed by atoms with van der Waals surface area (Å²) in [5.74, 6) is 0.513. The number of hydrogen-bond acceptors (Lipinski definition) is 5. The summed E-state index contributed by atoms with van der Waals surface area (Å²) in [5.41, 5.74) is 1.31. The lowest BCUT2D eigenvalue weighted by molar-refractivity contribution is -0.384. The predicted octanol–water partition coefficient (Wildman–Crippen LogP) is 3.57. The van der Waals surface area contributed by atoms with Crippen molar-refractivity contribution in [2.75, 3.05) is 12.4 Å². The van der Waals surface area contributed by atoms with E-state index in [4.69, 9.17) is 16.3 Å². The van der Waals surface area contributed by atoms with Crippen LogP contribution in [0.15, 0.2) is 36.4 Å². The van der Waals surface area contributed by atoms with E-state index < -0.39 is 4.92 Å². The molecule has 21 heavy (non-hydrogen) atoms. The molecule has 6 nitrogen and oxygen atoms in total. The van der Waals surface area contributed by atoms with Crippen LogP contribution in [-0.4, -0.2) is 17.1 Å². The molecule has 2 aromatic carbocycles. The number of phenolic OH excluding ortho intramolecular Hbond substituents is 1. The van der Waals surface area contributed by atoms with Crippen LogP contribution in [-0.2, 0) is 6.54 Å². The first-order valence-electron chi connectivity index (χ1n) is 6.05. The Kier molecular flexibility index (Phi) is 4.49. The van der Waals surface area contributed by atoms with Gasteiger partial charge in [0.1, 0.15) is 11.5 Å². The average Bonchev–Trinajstić information content (AvgIpc) is 2.48. The third-order valence-electron chi connectivity index (χ3n) is 2.89. The Morgan fingerprint density at radius 1 is 1.33 bits per heavy atom. The minimum absolute atomic E-state index is 0.00773. The Labute approximate surface area is 126 Å². The summed E-state index contributed by atoms with van der Waals surface area (Å²) in [6, 6.07) is 9.13. The summed E-state index contributed by atoms with van der Waals surface area (Å²) in [5, 5.41) is 23.5. The fourth-order valence-electron chi connectivity index (χ4n) is 1.81. The molecule has 0 radical (unpaired) electrons. The van der Waals surface area contributed by atoms with Gasteiger partial charge in [-0.1, -0.05) is 17.7 Å². The van der Waals surface area contributed by atoms with E-state index in [1.807, 2.05) is 0 Å². The molecular formula is C14H13ClN2O4. The van der Waals surface area contributed by atoms with Crippen molar-refractivity contribution in [3.8, 4) is 11.5 Å². The smallest absolute Gasteiger partial charge is 0.271 e. The van der Waals surface area contributed by atoms with Crippen molar-refractivity contribution in [1.29, 1.82) is 0 Å². The zero-order chi connectivity index (χ0) is 15.4. The first kappa shape index (κ1) is 14.9. The average molecular weight is 309 g/mol. The van der Waals surface area contributed by atoms with E-state index in [9.17, 15) is 15.2 Å². The number of methoxy groups -OCH3 is 1. The van der Waals surface area contributed by atoms with E-state index >= 15 is 0 Å². The highest BCUT2D eigenvalue weighted by atomic mass is 35.5. The highest BCUT2D eigenvalue weighted by molar-refractivity contribution is 6.32. The van der Waals surface area contributed by atoms with Crippen LogP contribution in [0.2, 0.25) is 5.02 Å². The highest BCUT2D eigenvalue weighted by Crippen LogP contribution is 2.30. The largest absolute Gasteiger partial charge is 0.506 e. The van der Waals surface area contributed by atoms with Gasteiger partial charge in [0.05, 0.1) is 22.7 Å². The molecule has 110 valence electrons. The normalized spacial score (nSPS) is 10.2. The first-order chi connectivity index (χ1) is 10.0. The van der Waals surface area contributed by atoms with E-state index in [1.54, 1.807) is 12.1 Å². The fourth-order valence-corrected chi connectivity index (χ4v) is 2.01. The van der Waals surface area contributed by atoms with Gasteiger partial charge in [0.15, 0.2) is 0 Å². The Morgan fingerprint density at radius 3 is 2.71 bits per heavy atom. The summed E-state index contributed by atoms with van der Waals surface area (Å²) in [6.45, 7) is 0.386. The standard InChI is InChI=1S/C14H13ClN2O4/c1-21-14-5-3-10(17(19)20)7-12(14)16-8-9-2-4-13(18)11(15)6-9/h2-7,16,18H,8H2,1H3. The maximum absolute atomic E-state index is 10.8. The number of non-ortho nitro benzene ring substituents is 1. The molecule has 2 N–H and O–H groups in total.